The Kier molecular flexibility index (Phi) is 6.60. The van der Waals surface area contributed by atoms with E-state index in [-0.39, 0.29) is 5.91 Å². The van der Waals surface area contributed by atoms with Crippen molar-refractivity contribution in [3.05, 3.63) is 29.8 Å². The van der Waals surface area contributed by atoms with Gasteiger partial charge >= 0.3 is 0 Å². The SMILES string of the molecule is CCCCCC(=O)Nc1ccc(C#CCN)cc1. The van der Waals surface area contributed by atoms with Crippen molar-refractivity contribution < 1.29 is 4.79 Å². The lowest BCUT2D eigenvalue weighted by Crippen LogP contribution is -2.10. The van der Waals surface area contributed by atoms with Gasteiger partial charge in [-0.05, 0) is 30.7 Å². The predicted molar refractivity (Wildman–Crippen MR) is 75.1 cm³/mol. The maximum atomic E-state index is 11.6. The number of nitrogens with one attached hydrogen (secondary N) is 1. The normalized spacial score (nSPS) is 9.44. The Labute approximate surface area is 109 Å². The molecule has 18 heavy (non-hydrogen) atoms. The highest BCUT2D eigenvalue weighted by molar-refractivity contribution is 5.90. The molecule has 0 spiro atoms. The van der Waals surface area contributed by atoms with Gasteiger partial charge in [0.25, 0.3) is 0 Å². The molecule has 0 aliphatic heterocycles. The smallest absolute Gasteiger partial charge is 0.224 e. The standard InChI is InChI=1S/C15H20N2O/c1-2-3-4-7-15(18)17-14-10-8-13(9-11-14)6-5-12-16/h8-11H,2-4,7,12,16H2,1H3,(H,17,18). The first kappa shape index (κ1) is 14.3. The molecule has 1 aromatic carbocycles. The molecule has 0 fully saturated rings. The van der Waals surface area contributed by atoms with Crippen molar-refractivity contribution in [3.8, 4) is 11.8 Å². The van der Waals surface area contributed by atoms with Gasteiger partial charge in [-0.1, -0.05) is 31.6 Å². The number of anilines is 1. The molecule has 1 aromatic rings. The molecular formula is C15H20N2O. The van der Waals surface area contributed by atoms with E-state index in [0.29, 0.717) is 13.0 Å². The van der Waals surface area contributed by atoms with Gasteiger partial charge in [0.1, 0.15) is 0 Å². The summed E-state index contributed by atoms with van der Waals surface area (Å²) in [5, 5.41) is 2.87. The number of hydrogen-bond donors (Lipinski definition) is 2. The largest absolute Gasteiger partial charge is 0.326 e. The predicted octanol–water partition coefficient (Wildman–Crippen LogP) is 2.52. The summed E-state index contributed by atoms with van der Waals surface area (Å²) in [6, 6.07) is 7.48. The molecule has 0 aliphatic carbocycles. The van der Waals surface area contributed by atoms with Gasteiger partial charge in [-0.2, -0.15) is 0 Å². The van der Waals surface area contributed by atoms with Crippen LogP contribution >= 0.6 is 0 Å². The molecule has 0 atom stereocenters. The Balaban J connectivity index is 2.45. The topological polar surface area (TPSA) is 55.1 Å². The molecule has 0 aliphatic rings. The number of nitrogens with two attached hydrogens (primary N) is 1. The van der Waals surface area contributed by atoms with Crippen LogP contribution in [0.2, 0.25) is 0 Å². The van der Waals surface area contributed by atoms with Crippen LogP contribution in [-0.4, -0.2) is 12.5 Å². The molecule has 0 saturated heterocycles. The minimum Gasteiger partial charge on any atom is -0.326 e. The lowest BCUT2D eigenvalue weighted by atomic mass is 10.2. The molecule has 0 radical (unpaired) electrons. The minimum atomic E-state index is 0.0734. The van der Waals surface area contributed by atoms with Crippen molar-refractivity contribution in [1.82, 2.24) is 0 Å². The van der Waals surface area contributed by atoms with Crippen LogP contribution in [0.25, 0.3) is 0 Å². The summed E-state index contributed by atoms with van der Waals surface area (Å²) in [5.74, 6) is 5.80. The van der Waals surface area contributed by atoms with E-state index in [9.17, 15) is 4.79 Å². The molecule has 0 aromatic heterocycles. The number of hydrogen-bond acceptors (Lipinski definition) is 2. The van der Waals surface area contributed by atoms with E-state index in [4.69, 9.17) is 5.73 Å². The van der Waals surface area contributed by atoms with Gasteiger partial charge in [0.2, 0.25) is 5.91 Å². The van der Waals surface area contributed by atoms with E-state index in [2.05, 4.69) is 24.1 Å². The third kappa shape index (κ3) is 5.51. The van der Waals surface area contributed by atoms with Gasteiger partial charge in [0.15, 0.2) is 0 Å². The maximum absolute atomic E-state index is 11.6. The first-order valence-corrected chi connectivity index (χ1v) is 6.35. The fourth-order valence-electron chi connectivity index (χ4n) is 1.55. The van der Waals surface area contributed by atoms with Gasteiger partial charge in [0, 0.05) is 17.7 Å². The Bertz CT molecular complexity index is 426. The zero-order valence-corrected chi connectivity index (χ0v) is 10.8. The van der Waals surface area contributed by atoms with Gasteiger partial charge in [-0.3, -0.25) is 4.79 Å². The number of amides is 1. The molecule has 1 amide bonds. The fraction of sp³-hybridized carbons (Fsp3) is 0.400. The highest BCUT2D eigenvalue weighted by Crippen LogP contribution is 2.10. The Morgan fingerprint density at radius 3 is 2.61 bits per heavy atom. The van der Waals surface area contributed by atoms with Gasteiger partial charge < -0.3 is 11.1 Å². The summed E-state index contributed by atoms with van der Waals surface area (Å²) in [4.78, 5) is 11.6. The molecule has 1 rings (SSSR count). The molecule has 0 saturated carbocycles. The summed E-state index contributed by atoms with van der Waals surface area (Å²) in [7, 11) is 0. The van der Waals surface area contributed by atoms with Crippen LogP contribution in [0.1, 0.15) is 38.2 Å². The maximum Gasteiger partial charge on any atom is 0.224 e. The first-order valence-electron chi connectivity index (χ1n) is 6.35. The molecule has 0 unspecified atom stereocenters. The van der Waals surface area contributed by atoms with Crippen LogP contribution in [0.4, 0.5) is 5.69 Å². The quantitative estimate of drug-likeness (QED) is 0.617. The molecule has 3 N–H and O–H groups in total. The molecule has 3 heteroatoms. The van der Waals surface area contributed by atoms with Crippen LogP contribution in [0.15, 0.2) is 24.3 Å². The first-order chi connectivity index (χ1) is 8.76. The van der Waals surface area contributed by atoms with Crippen molar-refractivity contribution in [2.24, 2.45) is 5.73 Å². The zero-order valence-electron chi connectivity index (χ0n) is 10.8. The zero-order chi connectivity index (χ0) is 13.2. The lowest BCUT2D eigenvalue weighted by molar-refractivity contribution is -0.116. The third-order valence-electron chi connectivity index (χ3n) is 2.51. The molecule has 96 valence electrons. The second-order valence-corrected chi connectivity index (χ2v) is 4.09. The fourth-order valence-corrected chi connectivity index (χ4v) is 1.55. The minimum absolute atomic E-state index is 0.0734. The van der Waals surface area contributed by atoms with Crippen molar-refractivity contribution in [1.29, 1.82) is 0 Å². The second kappa shape index (κ2) is 8.32. The monoisotopic (exact) mass is 244 g/mol. The van der Waals surface area contributed by atoms with Crippen LogP contribution in [-0.2, 0) is 4.79 Å². The van der Waals surface area contributed by atoms with Crippen LogP contribution in [0.5, 0.6) is 0 Å². The summed E-state index contributed by atoms with van der Waals surface area (Å²) < 4.78 is 0. The Morgan fingerprint density at radius 1 is 1.28 bits per heavy atom. The van der Waals surface area contributed by atoms with Crippen molar-refractivity contribution in [3.63, 3.8) is 0 Å². The van der Waals surface area contributed by atoms with Crippen molar-refractivity contribution >= 4 is 11.6 Å². The molecular weight excluding hydrogens is 224 g/mol. The highest BCUT2D eigenvalue weighted by atomic mass is 16.1. The van der Waals surface area contributed by atoms with Gasteiger partial charge in [-0.25, -0.2) is 0 Å². The van der Waals surface area contributed by atoms with Crippen molar-refractivity contribution in [2.45, 2.75) is 32.6 Å². The van der Waals surface area contributed by atoms with E-state index in [1.54, 1.807) is 0 Å². The Hall–Kier alpha value is -1.79. The number of benzene rings is 1. The number of carbonyl (C=O) groups is 1. The average molecular weight is 244 g/mol. The average Bonchev–Trinajstić information content (AvgIpc) is 2.38. The molecule has 3 nitrogen and oxygen atoms in total. The number of rotatable bonds is 5. The summed E-state index contributed by atoms with van der Waals surface area (Å²) in [6.07, 6.45) is 3.76. The van der Waals surface area contributed by atoms with E-state index in [1.165, 1.54) is 0 Å². The summed E-state index contributed by atoms with van der Waals surface area (Å²) in [5.41, 5.74) is 7.02. The summed E-state index contributed by atoms with van der Waals surface area (Å²) in [6.45, 7) is 2.48. The van der Waals surface area contributed by atoms with E-state index in [0.717, 1.165) is 30.5 Å². The summed E-state index contributed by atoms with van der Waals surface area (Å²) >= 11 is 0. The van der Waals surface area contributed by atoms with E-state index >= 15 is 0 Å². The van der Waals surface area contributed by atoms with Gasteiger partial charge in [-0.15, -0.1) is 0 Å². The third-order valence-corrected chi connectivity index (χ3v) is 2.51. The second-order valence-electron chi connectivity index (χ2n) is 4.09. The highest BCUT2D eigenvalue weighted by Gasteiger charge is 2.01. The van der Waals surface area contributed by atoms with Crippen LogP contribution in [0.3, 0.4) is 0 Å². The number of carbonyl (C=O) groups excluding carboxylic acids is 1. The van der Waals surface area contributed by atoms with Crippen molar-refractivity contribution in [2.75, 3.05) is 11.9 Å². The molecule has 0 bridgehead atoms. The van der Waals surface area contributed by atoms with Gasteiger partial charge in [0.05, 0.1) is 6.54 Å². The van der Waals surface area contributed by atoms with E-state index in [1.807, 2.05) is 24.3 Å². The molecule has 0 heterocycles. The van der Waals surface area contributed by atoms with E-state index < -0.39 is 0 Å². The lowest BCUT2D eigenvalue weighted by Gasteiger charge is -2.04. The Morgan fingerprint density at radius 2 is 2.00 bits per heavy atom. The van der Waals surface area contributed by atoms with Crippen LogP contribution < -0.4 is 11.1 Å². The number of unbranched alkanes of at least 4 members (excludes halogenated alkanes) is 2. The van der Waals surface area contributed by atoms with Crippen LogP contribution in [0, 0.1) is 11.8 Å².